The largest absolute Gasteiger partial charge is 0.483 e. The fourth-order valence-corrected chi connectivity index (χ4v) is 3.27. The van der Waals surface area contributed by atoms with Gasteiger partial charge < -0.3 is 9.84 Å². The minimum absolute atomic E-state index is 0.250. The Morgan fingerprint density at radius 1 is 0.654 bits per heavy atom. The van der Waals surface area contributed by atoms with Crippen LogP contribution < -0.4 is 0 Å². The summed E-state index contributed by atoms with van der Waals surface area (Å²) in [4.78, 5) is 8.36. The molecule has 3 nitrogen and oxygen atoms in total. The van der Waals surface area contributed by atoms with E-state index in [2.05, 4.69) is 6.92 Å². The van der Waals surface area contributed by atoms with Gasteiger partial charge in [-0.15, -0.1) is 0 Å². The fourth-order valence-electron chi connectivity index (χ4n) is 3.16. The minimum atomic E-state index is -0.250. The molecule has 1 N–H and O–H groups in total. The highest BCUT2D eigenvalue weighted by Gasteiger charge is 1.95. The van der Waals surface area contributed by atoms with Crippen molar-refractivity contribution in [2.24, 2.45) is 0 Å². The van der Waals surface area contributed by atoms with Gasteiger partial charge in [-0.3, -0.25) is 4.79 Å². The average molecular weight is 393 g/mol. The topological polar surface area (TPSA) is 46.5 Å². The molecule has 26 heavy (non-hydrogen) atoms. The summed E-state index contributed by atoms with van der Waals surface area (Å²) in [5.41, 5.74) is 0. The summed E-state index contributed by atoms with van der Waals surface area (Å²) in [6.07, 6.45) is 25.5. The number of carboxylic acid groups (broad SMARTS) is 1. The lowest BCUT2D eigenvalue weighted by Crippen LogP contribution is -1.91. The van der Waals surface area contributed by atoms with Gasteiger partial charge in [0.25, 0.3) is 6.47 Å². The number of rotatable bonds is 20. The molecule has 0 unspecified atom stereocenters. The molecule has 158 valence electrons. The Balaban J connectivity index is 0. The van der Waals surface area contributed by atoms with Gasteiger partial charge in [0, 0.05) is 6.61 Å². The molecule has 0 amide bonds. The number of carbonyl (C=O) groups is 1. The lowest BCUT2D eigenvalue weighted by molar-refractivity contribution is -0.122. The summed E-state index contributed by atoms with van der Waals surface area (Å²) in [6.45, 7) is 2.88. The Bertz CT molecular complexity index is 217. The first kappa shape index (κ1) is 27.9. The number of halogens is 1. The van der Waals surface area contributed by atoms with E-state index in [1.165, 1.54) is 116 Å². The third-order valence-corrected chi connectivity index (χ3v) is 4.87. The molecule has 0 aromatic heterocycles. The van der Waals surface area contributed by atoms with Gasteiger partial charge in [-0.05, 0) is 6.42 Å². The zero-order valence-electron chi connectivity index (χ0n) is 17.4. The molecule has 0 spiro atoms. The standard InChI is InChI=1S/C21H43ClO.CH2O2/c1-2-3-4-5-6-7-8-9-10-11-12-13-14-15-16-17-18-19-20-23-21-22;2-1-3/h2-21H2,1H3;1H,(H,2,3). The van der Waals surface area contributed by atoms with Gasteiger partial charge >= 0.3 is 0 Å². The summed E-state index contributed by atoms with van der Waals surface area (Å²) in [5.74, 6) is 0. The molecule has 0 rings (SSSR count). The maximum atomic E-state index is 8.36. The number of alkyl halides is 1. The van der Waals surface area contributed by atoms with Gasteiger partial charge in [0.05, 0.1) is 0 Å². The van der Waals surface area contributed by atoms with Crippen molar-refractivity contribution in [2.45, 2.75) is 122 Å². The van der Waals surface area contributed by atoms with Crippen LogP contribution in [-0.4, -0.2) is 24.3 Å². The molecule has 0 bridgehead atoms. The Kier molecular flexibility index (Phi) is 31.7. The first-order valence-corrected chi connectivity index (χ1v) is 11.6. The quantitative estimate of drug-likeness (QED) is 0.130. The van der Waals surface area contributed by atoms with Crippen molar-refractivity contribution >= 4 is 18.1 Å². The van der Waals surface area contributed by atoms with Crippen LogP contribution in [0, 0.1) is 0 Å². The summed E-state index contributed by atoms with van der Waals surface area (Å²) in [7, 11) is 0. The highest BCUT2D eigenvalue weighted by atomic mass is 35.5. The van der Waals surface area contributed by atoms with Gasteiger partial charge in [0.2, 0.25) is 0 Å². The lowest BCUT2D eigenvalue weighted by Gasteiger charge is -2.04. The van der Waals surface area contributed by atoms with Crippen LogP contribution in [0.3, 0.4) is 0 Å². The second-order valence-electron chi connectivity index (χ2n) is 7.13. The fraction of sp³-hybridized carbons (Fsp3) is 0.955. The van der Waals surface area contributed by atoms with Crippen molar-refractivity contribution in [3.63, 3.8) is 0 Å². The molecule has 0 aliphatic carbocycles. The van der Waals surface area contributed by atoms with E-state index in [0.717, 1.165) is 6.61 Å². The third-order valence-electron chi connectivity index (χ3n) is 4.72. The molecule has 0 saturated heterocycles. The monoisotopic (exact) mass is 392 g/mol. The Labute approximate surface area is 168 Å². The Morgan fingerprint density at radius 3 is 1.19 bits per heavy atom. The molecule has 0 fully saturated rings. The van der Waals surface area contributed by atoms with Crippen molar-refractivity contribution in [2.75, 3.05) is 12.7 Å². The molecule has 0 aromatic rings. The van der Waals surface area contributed by atoms with Gasteiger partial charge in [-0.25, -0.2) is 0 Å². The zero-order valence-corrected chi connectivity index (χ0v) is 18.1. The molecule has 0 aliphatic heterocycles. The highest BCUT2D eigenvalue weighted by Crippen LogP contribution is 2.14. The van der Waals surface area contributed by atoms with Gasteiger partial charge in [-0.2, -0.15) is 0 Å². The van der Waals surface area contributed by atoms with Gasteiger partial charge in [0.1, 0.15) is 6.07 Å². The van der Waals surface area contributed by atoms with E-state index in [1.54, 1.807) is 0 Å². The van der Waals surface area contributed by atoms with Crippen LogP contribution in [0.5, 0.6) is 0 Å². The minimum Gasteiger partial charge on any atom is -0.483 e. The average Bonchev–Trinajstić information content (AvgIpc) is 2.64. The molecule has 0 aliphatic rings. The highest BCUT2D eigenvalue weighted by molar-refractivity contribution is 6.17. The molecular weight excluding hydrogens is 348 g/mol. The van der Waals surface area contributed by atoms with E-state index in [9.17, 15) is 0 Å². The van der Waals surface area contributed by atoms with Crippen LogP contribution in [0.1, 0.15) is 122 Å². The van der Waals surface area contributed by atoms with Crippen LogP contribution in [-0.2, 0) is 9.53 Å². The second kappa shape index (κ2) is 29.5. The Morgan fingerprint density at radius 2 is 0.923 bits per heavy atom. The van der Waals surface area contributed by atoms with Crippen molar-refractivity contribution < 1.29 is 14.6 Å². The molecule has 4 heteroatoms. The molecular formula is C22H45ClO3. The SMILES string of the molecule is CCCCCCCCCCCCCCCCCCCCOCCl.O=CO. The molecule has 0 aromatic carbocycles. The number of hydrogen-bond donors (Lipinski definition) is 1. The normalized spacial score (nSPS) is 10.4. The summed E-state index contributed by atoms with van der Waals surface area (Å²) in [6, 6.07) is 0.346. The molecule has 0 radical (unpaired) electrons. The van der Waals surface area contributed by atoms with Crippen molar-refractivity contribution in [1.82, 2.24) is 0 Å². The molecule has 0 heterocycles. The summed E-state index contributed by atoms with van der Waals surface area (Å²) in [5, 5.41) is 6.89. The number of unbranched alkanes of at least 4 members (excludes halogenated alkanes) is 17. The summed E-state index contributed by atoms with van der Waals surface area (Å²) >= 11 is 5.46. The molecule has 0 saturated carbocycles. The van der Waals surface area contributed by atoms with E-state index < -0.39 is 0 Å². The van der Waals surface area contributed by atoms with Crippen LogP contribution >= 0.6 is 11.6 Å². The maximum Gasteiger partial charge on any atom is 0.290 e. The third kappa shape index (κ3) is 31.5. The first-order chi connectivity index (χ1) is 12.8. The van der Waals surface area contributed by atoms with Crippen molar-refractivity contribution in [3.05, 3.63) is 0 Å². The van der Waals surface area contributed by atoms with E-state index >= 15 is 0 Å². The molecule has 0 atom stereocenters. The van der Waals surface area contributed by atoms with E-state index in [-0.39, 0.29) is 6.47 Å². The first-order valence-electron chi connectivity index (χ1n) is 11.0. The number of ether oxygens (including phenoxy) is 1. The van der Waals surface area contributed by atoms with E-state index in [1.807, 2.05) is 0 Å². The second-order valence-corrected chi connectivity index (χ2v) is 7.35. The van der Waals surface area contributed by atoms with Crippen LogP contribution in [0.2, 0.25) is 0 Å². The van der Waals surface area contributed by atoms with Crippen molar-refractivity contribution in [3.8, 4) is 0 Å². The van der Waals surface area contributed by atoms with E-state index in [4.69, 9.17) is 26.2 Å². The van der Waals surface area contributed by atoms with Crippen molar-refractivity contribution in [1.29, 1.82) is 0 Å². The van der Waals surface area contributed by atoms with Crippen LogP contribution in [0.4, 0.5) is 0 Å². The lowest BCUT2D eigenvalue weighted by atomic mass is 10.0. The summed E-state index contributed by atoms with van der Waals surface area (Å²) < 4.78 is 5.13. The van der Waals surface area contributed by atoms with Crippen LogP contribution in [0.25, 0.3) is 0 Å². The predicted molar refractivity (Wildman–Crippen MR) is 114 cm³/mol. The van der Waals surface area contributed by atoms with E-state index in [0.29, 0.717) is 6.07 Å². The maximum absolute atomic E-state index is 8.36. The van der Waals surface area contributed by atoms with Gasteiger partial charge in [-0.1, -0.05) is 128 Å². The van der Waals surface area contributed by atoms with Crippen LogP contribution in [0.15, 0.2) is 0 Å². The Hall–Kier alpha value is -0.280. The number of hydrogen-bond acceptors (Lipinski definition) is 2. The zero-order chi connectivity index (χ0) is 19.6. The predicted octanol–water partition coefficient (Wildman–Crippen LogP) is 7.94. The smallest absolute Gasteiger partial charge is 0.290 e. The van der Waals surface area contributed by atoms with Gasteiger partial charge in [0.15, 0.2) is 0 Å².